The number of carbonyl (C=O) groups is 1. The van der Waals surface area contributed by atoms with Crippen LogP contribution in [0.15, 0.2) is 24.3 Å². The van der Waals surface area contributed by atoms with Crippen LogP contribution in [0.3, 0.4) is 0 Å². The molecule has 0 radical (unpaired) electrons. The molecule has 2 nitrogen and oxygen atoms in total. The number of aryl methyl sites for hydroxylation is 1. The van der Waals surface area contributed by atoms with Gasteiger partial charge in [0.25, 0.3) is 0 Å². The van der Waals surface area contributed by atoms with Gasteiger partial charge in [-0.25, -0.2) is 0 Å². The summed E-state index contributed by atoms with van der Waals surface area (Å²) in [7, 11) is 0. The second-order valence-corrected chi connectivity index (χ2v) is 6.23. The van der Waals surface area contributed by atoms with Crippen molar-refractivity contribution in [3.8, 4) is 0 Å². The molecule has 116 valence electrons. The van der Waals surface area contributed by atoms with Gasteiger partial charge in [0.15, 0.2) is 0 Å². The molecule has 1 aliphatic heterocycles. The predicted octanol–water partition coefficient (Wildman–Crippen LogP) is 4.66. The summed E-state index contributed by atoms with van der Waals surface area (Å²) in [6.07, 6.45) is 7.67. The highest BCUT2D eigenvalue weighted by Gasteiger charge is 2.22. The van der Waals surface area contributed by atoms with Crippen molar-refractivity contribution in [1.82, 2.24) is 0 Å². The molecule has 2 unspecified atom stereocenters. The highest BCUT2D eigenvalue weighted by molar-refractivity contribution is 5.85. The van der Waals surface area contributed by atoms with Crippen molar-refractivity contribution < 1.29 is 9.53 Å². The van der Waals surface area contributed by atoms with Gasteiger partial charge >= 0.3 is 0 Å². The largest absolute Gasteiger partial charge is 0.378 e. The van der Waals surface area contributed by atoms with Crippen molar-refractivity contribution in [2.75, 3.05) is 6.61 Å². The van der Waals surface area contributed by atoms with Crippen molar-refractivity contribution in [3.63, 3.8) is 0 Å². The Morgan fingerprint density at radius 2 is 2.05 bits per heavy atom. The standard InChI is InChI=1S/C19H28O2/c1-3-4-7-16-9-11-17(12-10-16)15(2)19(20)14-18-8-5-6-13-21-18/h9-12,15,18H,3-8,13-14H2,1-2H3. The zero-order chi connectivity index (χ0) is 15.1. The summed E-state index contributed by atoms with van der Waals surface area (Å²) in [4.78, 5) is 12.4. The maximum Gasteiger partial charge on any atom is 0.142 e. The summed E-state index contributed by atoms with van der Waals surface area (Å²) in [6, 6.07) is 8.59. The minimum absolute atomic E-state index is 0.0178. The Kier molecular flexibility index (Phi) is 6.44. The average Bonchev–Trinajstić information content (AvgIpc) is 2.53. The minimum atomic E-state index is -0.0178. The fourth-order valence-electron chi connectivity index (χ4n) is 2.91. The summed E-state index contributed by atoms with van der Waals surface area (Å²) in [5.74, 6) is 0.291. The van der Waals surface area contributed by atoms with Gasteiger partial charge in [0.1, 0.15) is 5.78 Å². The van der Waals surface area contributed by atoms with E-state index in [0.717, 1.165) is 31.4 Å². The van der Waals surface area contributed by atoms with Gasteiger partial charge in [-0.1, -0.05) is 44.5 Å². The predicted molar refractivity (Wildman–Crippen MR) is 86.7 cm³/mol. The highest BCUT2D eigenvalue weighted by atomic mass is 16.5. The monoisotopic (exact) mass is 288 g/mol. The number of ether oxygens (including phenoxy) is 1. The number of rotatable bonds is 7. The van der Waals surface area contributed by atoms with E-state index in [1.165, 1.54) is 24.8 Å². The smallest absolute Gasteiger partial charge is 0.142 e. The molecule has 0 saturated carbocycles. The van der Waals surface area contributed by atoms with Crippen LogP contribution in [0.1, 0.15) is 69.4 Å². The molecule has 0 aromatic heterocycles. The van der Waals surface area contributed by atoms with Crippen LogP contribution < -0.4 is 0 Å². The van der Waals surface area contributed by atoms with E-state index in [4.69, 9.17) is 4.74 Å². The van der Waals surface area contributed by atoms with Gasteiger partial charge < -0.3 is 4.74 Å². The highest BCUT2D eigenvalue weighted by Crippen LogP contribution is 2.23. The molecule has 0 spiro atoms. The van der Waals surface area contributed by atoms with Gasteiger partial charge in [-0.3, -0.25) is 4.79 Å². The topological polar surface area (TPSA) is 26.3 Å². The van der Waals surface area contributed by atoms with Crippen LogP contribution in [-0.2, 0) is 16.0 Å². The summed E-state index contributed by atoms with van der Waals surface area (Å²) in [5.41, 5.74) is 2.51. The molecule has 0 aliphatic carbocycles. The molecule has 1 saturated heterocycles. The summed E-state index contributed by atoms with van der Waals surface area (Å²) in [6.45, 7) is 5.05. The Morgan fingerprint density at radius 1 is 1.29 bits per heavy atom. The first-order chi connectivity index (χ1) is 10.2. The lowest BCUT2D eigenvalue weighted by molar-refractivity contribution is -0.123. The number of Topliss-reactive ketones (excluding diaryl/α,β-unsaturated/α-hetero) is 1. The van der Waals surface area contributed by atoms with Crippen molar-refractivity contribution >= 4 is 5.78 Å². The molecule has 2 heteroatoms. The summed E-state index contributed by atoms with van der Waals surface area (Å²) < 4.78 is 5.68. The van der Waals surface area contributed by atoms with Gasteiger partial charge in [-0.2, -0.15) is 0 Å². The number of hydrogen-bond donors (Lipinski definition) is 0. The zero-order valence-corrected chi connectivity index (χ0v) is 13.4. The van der Waals surface area contributed by atoms with Crippen LogP contribution in [0, 0.1) is 0 Å². The quantitative estimate of drug-likeness (QED) is 0.729. The van der Waals surface area contributed by atoms with Crippen molar-refractivity contribution in [3.05, 3.63) is 35.4 Å². The van der Waals surface area contributed by atoms with Crippen LogP contribution in [0.25, 0.3) is 0 Å². The molecule has 0 amide bonds. The third-order valence-electron chi connectivity index (χ3n) is 4.48. The fourth-order valence-corrected chi connectivity index (χ4v) is 2.91. The Morgan fingerprint density at radius 3 is 2.67 bits per heavy atom. The number of unbranched alkanes of at least 4 members (excludes halogenated alkanes) is 1. The molecular weight excluding hydrogens is 260 g/mol. The first-order valence-corrected chi connectivity index (χ1v) is 8.44. The lowest BCUT2D eigenvalue weighted by atomic mass is 9.91. The number of carbonyl (C=O) groups excluding carboxylic acids is 1. The normalized spacial score (nSPS) is 20.2. The Balaban J connectivity index is 1.88. The van der Waals surface area contributed by atoms with E-state index in [2.05, 4.69) is 31.2 Å². The molecule has 1 aromatic rings. The van der Waals surface area contributed by atoms with Gasteiger partial charge in [0.2, 0.25) is 0 Å². The maximum absolute atomic E-state index is 12.4. The maximum atomic E-state index is 12.4. The Labute approximate surface area is 128 Å². The number of benzene rings is 1. The number of ketones is 1. The molecular formula is C19H28O2. The van der Waals surface area contributed by atoms with Crippen LogP contribution in [0.5, 0.6) is 0 Å². The van der Waals surface area contributed by atoms with Gasteiger partial charge in [0, 0.05) is 18.9 Å². The molecule has 1 heterocycles. The molecule has 21 heavy (non-hydrogen) atoms. The lowest BCUT2D eigenvalue weighted by Gasteiger charge is -2.23. The van der Waals surface area contributed by atoms with Crippen molar-refractivity contribution in [1.29, 1.82) is 0 Å². The second-order valence-electron chi connectivity index (χ2n) is 6.23. The second kappa shape index (κ2) is 8.33. The third kappa shape index (κ3) is 4.96. The van der Waals surface area contributed by atoms with Gasteiger partial charge in [-0.05, 0) is 43.2 Å². The Hall–Kier alpha value is -1.15. The fraction of sp³-hybridized carbons (Fsp3) is 0.632. The molecule has 1 aromatic carbocycles. The molecule has 0 bridgehead atoms. The third-order valence-corrected chi connectivity index (χ3v) is 4.48. The molecule has 2 atom stereocenters. The average molecular weight is 288 g/mol. The molecule has 2 rings (SSSR count). The van der Waals surface area contributed by atoms with Gasteiger partial charge in [0.05, 0.1) is 6.10 Å². The zero-order valence-electron chi connectivity index (χ0n) is 13.4. The van der Waals surface area contributed by atoms with Crippen molar-refractivity contribution in [2.24, 2.45) is 0 Å². The first kappa shape index (κ1) is 16.2. The summed E-state index contributed by atoms with van der Waals surface area (Å²) in [5, 5.41) is 0. The number of hydrogen-bond acceptors (Lipinski definition) is 2. The molecule has 1 aliphatic rings. The first-order valence-electron chi connectivity index (χ1n) is 8.44. The van der Waals surface area contributed by atoms with Crippen LogP contribution in [-0.4, -0.2) is 18.5 Å². The van der Waals surface area contributed by atoms with Crippen molar-refractivity contribution in [2.45, 2.75) is 70.8 Å². The van der Waals surface area contributed by atoms with Crippen LogP contribution in [0.2, 0.25) is 0 Å². The van der Waals surface area contributed by atoms with E-state index in [1.54, 1.807) is 0 Å². The lowest BCUT2D eigenvalue weighted by Crippen LogP contribution is -2.24. The van der Waals surface area contributed by atoms with E-state index in [9.17, 15) is 4.79 Å². The van der Waals surface area contributed by atoms with E-state index in [-0.39, 0.29) is 12.0 Å². The van der Waals surface area contributed by atoms with E-state index < -0.39 is 0 Å². The van der Waals surface area contributed by atoms with Crippen LogP contribution in [0.4, 0.5) is 0 Å². The molecule has 0 N–H and O–H groups in total. The SMILES string of the molecule is CCCCc1ccc(C(C)C(=O)CC2CCCCO2)cc1. The van der Waals surface area contributed by atoms with E-state index in [0.29, 0.717) is 12.2 Å². The summed E-state index contributed by atoms with van der Waals surface area (Å²) >= 11 is 0. The van der Waals surface area contributed by atoms with Gasteiger partial charge in [-0.15, -0.1) is 0 Å². The van der Waals surface area contributed by atoms with E-state index in [1.807, 2.05) is 6.92 Å². The molecule has 1 fully saturated rings. The minimum Gasteiger partial charge on any atom is -0.378 e. The Bertz CT molecular complexity index is 429. The van der Waals surface area contributed by atoms with Crippen LogP contribution >= 0.6 is 0 Å². The van der Waals surface area contributed by atoms with E-state index >= 15 is 0 Å².